The van der Waals surface area contributed by atoms with Gasteiger partial charge in [-0.3, -0.25) is 14.8 Å². The van der Waals surface area contributed by atoms with Crippen molar-refractivity contribution >= 4 is 5.97 Å². The van der Waals surface area contributed by atoms with E-state index in [1.807, 2.05) is 24.3 Å². The standard InChI is InChI=1S/C14H14N2O3/c1-19-13-5-3-2-4-10(13)8-11(14(17)18)12-9-15-6-7-16-12/h2-7,9,11H,8H2,1H3,(H,17,18). The smallest absolute Gasteiger partial charge is 0.312 e. The van der Waals surface area contributed by atoms with Gasteiger partial charge in [0.05, 0.1) is 12.8 Å². The van der Waals surface area contributed by atoms with Crippen molar-refractivity contribution in [2.24, 2.45) is 0 Å². The fraction of sp³-hybridized carbons (Fsp3) is 0.214. The Bertz CT molecular complexity index is 558. The molecule has 0 saturated carbocycles. The van der Waals surface area contributed by atoms with Crippen molar-refractivity contribution in [3.63, 3.8) is 0 Å². The van der Waals surface area contributed by atoms with Gasteiger partial charge < -0.3 is 9.84 Å². The van der Waals surface area contributed by atoms with E-state index in [-0.39, 0.29) is 0 Å². The molecule has 5 nitrogen and oxygen atoms in total. The van der Waals surface area contributed by atoms with Crippen molar-refractivity contribution in [1.82, 2.24) is 9.97 Å². The molecule has 1 unspecified atom stereocenters. The Labute approximate surface area is 110 Å². The normalized spacial score (nSPS) is 11.8. The monoisotopic (exact) mass is 258 g/mol. The van der Waals surface area contributed by atoms with Gasteiger partial charge in [-0.2, -0.15) is 0 Å². The molecule has 1 aromatic heterocycles. The van der Waals surface area contributed by atoms with Crippen LogP contribution in [0.3, 0.4) is 0 Å². The highest BCUT2D eigenvalue weighted by molar-refractivity contribution is 5.75. The topological polar surface area (TPSA) is 72.3 Å². The minimum atomic E-state index is -0.925. The molecule has 0 spiro atoms. The number of nitrogens with zero attached hydrogens (tertiary/aromatic N) is 2. The number of para-hydroxylation sites is 1. The summed E-state index contributed by atoms with van der Waals surface area (Å²) in [5, 5.41) is 9.34. The third-order valence-corrected chi connectivity index (χ3v) is 2.85. The summed E-state index contributed by atoms with van der Waals surface area (Å²) in [5.41, 5.74) is 1.28. The molecule has 0 bridgehead atoms. The third-order valence-electron chi connectivity index (χ3n) is 2.85. The average Bonchev–Trinajstić information content (AvgIpc) is 2.45. The van der Waals surface area contributed by atoms with Crippen LogP contribution in [0.15, 0.2) is 42.9 Å². The van der Waals surface area contributed by atoms with Gasteiger partial charge >= 0.3 is 5.97 Å². The highest BCUT2D eigenvalue weighted by Crippen LogP contribution is 2.25. The summed E-state index contributed by atoms with van der Waals surface area (Å²) in [6, 6.07) is 7.37. The van der Waals surface area contributed by atoms with Gasteiger partial charge in [0, 0.05) is 18.6 Å². The zero-order chi connectivity index (χ0) is 13.7. The van der Waals surface area contributed by atoms with Gasteiger partial charge in [0.2, 0.25) is 0 Å². The van der Waals surface area contributed by atoms with Crippen LogP contribution in [0.5, 0.6) is 5.75 Å². The van der Waals surface area contributed by atoms with Crippen LogP contribution in [0.25, 0.3) is 0 Å². The quantitative estimate of drug-likeness (QED) is 0.886. The molecule has 0 saturated heterocycles. The van der Waals surface area contributed by atoms with Crippen LogP contribution < -0.4 is 4.74 Å². The first-order valence-electron chi connectivity index (χ1n) is 5.83. The first-order chi connectivity index (χ1) is 9.22. The lowest BCUT2D eigenvalue weighted by Gasteiger charge is -2.13. The van der Waals surface area contributed by atoms with Gasteiger partial charge in [0.25, 0.3) is 0 Å². The van der Waals surface area contributed by atoms with E-state index in [0.29, 0.717) is 17.9 Å². The fourth-order valence-corrected chi connectivity index (χ4v) is 1.90. The molecule has 1 atom stereocenters. The number of carboxylic acid groups (broad SMARTS) is 1. The molecule has 0 aliphatic rings. The van der Waals surface area contributed by atoms with Crippen LogP contribution in [0, 0.1) is 0 Å². The molecular weight excluding hydrogens is 244 g/mol. The Morgan fingerprint density at radius 3 is 2.79 bits per heavy atom. The van der Waals surface area contributed by atoms with Crippen LogP contribution in [0.4, 0.5) is 0 Å². The van der Waals surface area contributed by atoms with E-state index in [4.69, 9.17) is 4.74 Å². The molecule has 5 heteroatoms. The molecule has 1 N–H and O–H groups in total. The predicted molar refractivity (Wildman–Crippen MR) is 69.1 cm³/mol. The van der Waals surface area contributed by atoms with Crippen LogP contribution >= 0.6 is 0 Å². The lowest BCUT2D eigenvalue weighted by molar-refractivity contribution is -0.138. The highest BCUT2D eigenvalue weighted by Gasteiger charge is 2.23. The lowest BCUT2D eigenvalue weighted by Crippen LogP contribution is -2.16. The summed E-state index contributed by atoms with van der Waals surface area (Å²) in [6.45, 7) is 0. The van der Waals surface area contributed by atoms with Crippen molar-refractivity contribution in [2.45, 2.75) is 12.3 Å². The molecule has 0 radical (unpaired) electrons. The molecule has 98 valence electrons. The van der Waals surface area contributed by atoms with Gasteiger partial charge in [0.1, 0.15) is 11.7 Å². The number of hydrogen-bond donors (Lipinski definition) is 1. The molecule has 1 heterocycles. The van der Waals surface area contributed by atoms with Crippen LogP contribution in [-0.2, 0) is 11.2 Å². The van der Waals surface area contributed by atoms with Gasteiger partial charge in [-0.15, -0.1) is 0 Å². The number of methoxy groups -OCH3 is 1. The molecule has 0 aliphatic carbocycles. The first kappa shape index (κ1) is 13.0. The maximum atomic E-state index is 11.4. The second kappa shape index (κ2) is 5.95. The Morgan fingerprint density at radius 2 is 2.16 bits per heavy atom. The zero-order valence-corrected chi connectivity index (χ0v) is 10.5. The molecular formula is C14H14N2O3. The Balaban J connectivity index is 2.30. The minimum Gasteiger partial charge on any atom is -0.496 e. The Hall–Kier alpha value is -2.43. The number of aliphatic carboxylic acids is 1. The van der Waals surface area contributed by atoms with Gasteiger partial charge in [-0.1, -0.05) is 18.2 Å². The largest absolute Gasteiger partial charge is 0.496 e. The van der Waals surface area contributed by atoms with E-state index < -0.39 is 11.9 Å². The molecule has 1 aromatic carbocycles. The number of ether oxygens (including phenoxy) is 1. The van der Waals surface area contributed by atoms with Crippen molar-refractivity contribution in [3.05, 3.63) is 54.1 Å². The maximum absolute atomic E-state index is 11.4. The number of hydrogen-bond acceptors (Lipinski definition) is 4. The van der Waals surface area contributed by atoms with E-state index in [1.54, 1.807) is 7.11 Å². The highest BCUT2D eigenvalue weighted by atomic mass is 16.5. The van der Waals surface area contributed by atoms with Crippen molar-refractivity contribution in [2.75, 3.05) is 7.11 Å². The number of carbonyl (C=O) groups is 1. The zero-order valence-electron chi connectivity index (χ0n) is 10.5. The maximum Gasteiger partial charge on any atom is 0.312 e. The van der Waals surface area contributed by atoms with E-state index in [1.165, 1.54) is 18.6 Å². The van der Waals surface area contributed by atoms with E-state index in [0.717, 1.165) is 5.56 Å². The fourth-order valence-electron chi connectivity index (χ4n) is 1.90. The van der Waals surface area contributed by atoms with Crippen molar-refractivity contribution in [3.8, 4) is 5.75 Å². The SMILES string of the molecule is COc1ccccc1CC(C(=O)O)c1cnccn1. The van der Waals surface area contributed by atoms with Crippen LogP contribution in [0.2, 0.25) is 0 Å². The summed E-state index contributed by atoms with van der Waals surface area (Å²) >= 11 is 0. The van der Waals surface area contributed by atoms with Crippen molar-refractivity contribution in [1.29, 1.82) is 0 Å². The number of benzene rings is 1. The molecule has 2 aromatic rings. The average molecular weight is 258 g/mol. The molecule has 0 amide bonds. The van der Waals surface area contributed by atoms with Crippen LogP contribution in [0.1, 0.15) is 17.2 Å². The Morgan fingerprint density at radius 1 is 1.37 bits per heavy atom. The van der Waals surface area contributed by atoms with E-state index >= 15 is 0 Å². The second-order valence-corrected chi connectivity index (χ2v) is 4.04. The Kier molecular flexibility index (Phi) is 4.07. The number of aromatic nitrogens is 2. The molecule has 2 rings (SSSR count). The van der Waals surface area contributed by atoms with Crippen LogP contribution in [-0.4, -0.2) is 28.2 Å². The van der Waals surface area contributed by atoms with Gasteiger partial charge in [-0.05, 0) is 18.1 Å². The lowest BCUT2D eigenvalue weighted by atomic mass is 9.96. The summed E-state index contributed by atoms with van der Waals surface area (Å²) in [5.74, 6) is -0.978. The molecule has 0 aliphatic heterocycles. The third kappa shape index (κ3) is 3.07. The van der Waals surface area contributed by atoms with Gasteiger partial charge in [-0.25, -0.2) is 0 Å². The summed E-state index contributed by atoms with van der Waals surface area (Å²) < 4.78 is 5.23. The van der Waals surface area contributed by atoms with E-state index in [9.17, 15) is 9.90 Å². The molecule has 0 fully saturated rings. The van der Waals surface area contributed by atoms with E-state index in [2.05, 4.69) is 9.97 Å². The van der Waals surface area contributed by atoms with Crippen molar-refractivity contribution < 1.29 is 14.6 Å². The first-order valence-corrected chi connectivity index (χ1v) is 5.83. The minimum absolute atomic E-state index is 0.318. The molecule has 19 heavy (non-hydrogen) atoms. The van der Waals surface area contributed by atoms with Gasteiger partial charge in [0.15, 0.2) is 0 Å². The summed E-state index contributed by atoms with van der Waals surface area (Å²) in [7, 11) is 1.57. The predicted octanol–water partition coefficient (Wildman–Crippen LogP) is 1.90. The number of carboxylic acids is 1. The summed E-state index contributed by atoms with van der Waals surface area (Å²) in [4.78, 5) is 19.4. The second-order valence-electron chi connectivity index (χ2n) is 4.04. The summed E-state index contributed by atoms with van der Waals surface area (Å²) in [6.07, 6.45) is 4.81. The number of rotatable bonds is 5.